The van der Waals surface area contributed by atoms with Gasteiger partial charge in [-0.1, -0.05) is 18.2 Å². The molecule has 0 aromatic heterocycles. The van der Waals surface area contributed by atoms with E-state index in [-0.39, 0.29) is 0 Å². The molecule has 4 heteroatoms. The van der Waals surface area contributed by atoms with Crippen LogP contribution in [0.1, 0.15) is 12.0 Å². The fraction of sp³-hybridized carbons (Fsp3) is 0.333. The molecule has 1 aliphatic rings. The van der Waals surface area contributed by atoms with Crippen LogP contribution in [0.15, 0.2) is 24.3 Å². The first kappa shape index (κ1) is 11.0. The van der Waals surface area contributed by atoms with E-state index in [1.165, 1.54) is 0 Å². The van der Waals surface area contributed by atoms with Crippen molar-refractivity contribution in [3.63, 3.8) is 0 Å². The summed E-state index contributed by atoms with van der Waals surface area (Å²) in [5.74, 6) is 6.54. The van der Waals surface area contributed by atoms with Crippen molar-refractivity contribution in [2.75, 3.05) is 19.8 Å². The standard InChI is InChI=1S/C12H15NO3/c13-16-8-1-3-10-4-5-11-12(9-10)15-7-2-6-14-11/h1,3-5,9H,2,6-8,13H2/b3-1+. The molecule has 1 aromatic carbocycles. The first-order valence-corrected chi connectivity index (χ1v) is 5.28. The van der Waals surface area contributed by atoms with Gasteiger partial charge in [-0.05, 0) is 17.7 Å². The number of benzene rings is 1. The van der Waals surface area contributed by atoms with Crippen LogP contribution in [0.5, 0.6) is 11.5 Å². The van der Waals surface area contributed by atoms with Crippen LogP contribution in [0.4, 0.5) is 0 Å². The monoisotopic (exact) mass is 221 g/mol. The van der Waals surface area contributed by atoms with Gasteiger partial charge in [-0.3, -0.25) is 0 Å². The van der Waals surface area contributed by atoms with Gasteiger partial charge in [-0.25, -0.2) is 5.90 Å². The van der Waals surface area contributed by atoms with Crippen LogP contribution < -0.4 is 15.4 Å². The number of nitrogens with two attached hydrogens (primary N) is 1. The molecule has 0 aliphatic carbocycles. The zero-order valence-corrected chi connectivity index (χ0v) is 9.02. The van der Waals surface area contributed by atoms with Crippen LogP contribution in [0, 0.1) is 0 Å². The number of fused-ring (bicyclic) bond motifs is 1. The molecule has 4 nitrogen and oxygen atoms in total. The molecule has 2 rings (SSSR count). The molecule has 86 valence electrons. The van der Waals surface area contributed by atoms with E-state index in [0.29, 0.717) is 19.8 Å². The molecule has 0 saturated heterocycles. The lowest BCUT2D eigenvalue weighted by molar-refractivity contribution is 0.168. The Labute approximate surface area is 94.6 Å². The van der Waals surface area contributed by atoms with E-state index in [1.807, 2.05) is 30.4 Å². The van der Waals surface area contributed by atoms with Crippen LogP contribution in [0.25, 0.3) is 6.08 Å². The summed E-state index contributed by atoms with van der Waals surface area (Å²) in [6.07, 6.45) is 4.70. The zero-order valence-electron chi connectivity index (χ0n) is 9.02. The largest absolute Gasteiger partial charge is 0.490 e. The SMILES string of the molecule is NOC/C=C/c1ccc2c(c1)OCCCO2. The third-order valence-corrected chi connectivity index (χ3v) is 2.27. The quantitative estimate of drug-likeness (QED) is 0.790. The average molecular weight is 221 g/mol. The maximum atomic E-state index is 5.58. The Bertz CT molecular complexity index is 377. The molecule has 0 atom stereocenters. The summed E-state index contributed by atoms with van der Waals surface area (Å²) < 4.78 is 11.1. The highest BCUT2D eigenvalue weighted by molar-refractivity contribution is 5.56. The van der Waals surface area contributed by atoms with Gasteiger partial charge in [0.05, 0.1) is 19.8 Å². The van der Waals surface area contributed by atoms with Crippen molar-refractivity contribution < 1.29 is 14.3 Å². The Morgan fingerprint density at radius 3 is 2.88 bits per heavy atom. The van der Waals surface area contributed by atoms with Crippen LogP contribution in [-0.4, -0.2) is 19.8 Å². The fourth-order valence-corrected chi connectivity index (χ4v) is 1.52. The lowest BCUT2D eigenvalue weighted by Crippen LogP contribution is -1.97. The average Bonchev–Trinajstić information content (AvgIpc) is 2.54. The second kappa shape index (κ2) is 5.53. The molecule has 0 fully saturated rings. The molecule has 1 aliphatic heterocycles. The van der Waals surface area contributed by atoms with Crippen molar-refractivity contribution in [2.45, 2.75) is 6.42 Å². The highest BCUT2D eigenvalue weighted by Crippen LogP contribution is 2.30. The van der Waals surface area contributed by atoms with Gasteiger partial charge < -0.3 is 14.3 Å². The molecule has 0 saturated carbocycles. The lowest BCUT2D eigenvalue weighted by Gasteiger charge is -2.07. The molecule has 16 heavy (non-hydrogen) atoms. The van der Waals surface area contributed by atoms with Gasteiger partial charge in [-0.2, -0.15) is 0 Å². The maximum absolute atomic E-state index is 5.58. The van der Waals surface area contributed by atoms with Crippen molar-refractivity contribution in [2.24, 2.45) is 5.90 Å². The highest BCUT2D eigenvalue weighted by Gasteiger charge is 2.09. The second-order valence-electron chi connectivity index (χ2n) is 3.49. The molecule has 2 N–H and O–H groups in total. The third-order valence-electron chi connectivity index (χ3n) is 2.27. The Kier molecular flexibility index (Phi) is 3.80. The zero-order chi connectivity index (χ0) is 11.2. The highest BCUT2D eigenvalue weighted by atomic mass is 16.6. The van der Waals surface area contributed by atoms with Crippen LogP contribution in [0.3, 0.4) is 0 Å². The lowest BCUT2D eigenvalue weighted by atomic mass is 10.2. The smallest absolute Gasteiger partial charge is 0.161 e. The molecular weight excluding hydrogens is 206 g/mol. The van der Waals surface area contributed by atoms with Crippen LogP contribution in [-0.2, 0) is 4.84 Å². The molecule has 0 spiro atoms. The Morgan fingerprint density at radius 2 is 2.06 bits per heavy atom. The van der Waals surface area contributed by atoms with E-state index in [4.69, 9.17) is 15.4 Å². The van der Waals surface area contributed by atoms with Gasteiger partial charge >= 0.3 is 0 Å². The summed E-state index contributed by atoms with van der Waals surface area (Å²) in [6, 6.07) is 5.85. The van der Waals surface area contributed by atoms with Crippen molar-refractivity contribution in [3.05, 3.63) is 29.8 Å². The predicted octanol–water partition coefficient (Wildman–Crippen LogP) is 1.75. The minimum atomic E-state index is 0.397. The summed E-state index contributed by atoms with van der Waals surface area (Å²) in [6.45, 7) is 1.81. The predicted molar refractivity (Wildman–Crippen MR) is 61.2 cm³/mol. The molecule has 0 radical (unpaired) electrons. The number of hydrogen-bond acceptors (Lipinski definition) is 4. The molecular formula is C12H15NO3. The summed E-state index contributed by atoms with van der Waals surface area (Å²) in [4.78, 5) is 4.45. The minimum absolute atomic E-state index is 0.397. The summed E-state index contributed by atoms with van der Waals surface area (Å²) in [5, 5.41) is 0. The van der Waals surface area contributed by atoms with E-state index in [0.717, 1.165) is 23.5 Å². The molecule has 0 amide bonds. The molecule has 1 aromatic rings. The first-order valence-electron chi connectivity index (χ1n) is 5.28. The summed E-state index contributed by atoms with van der Waals surface area (Å²) in [5.41, 5.74) is 1.04. The topological polar surface area (TPSA) is 53.7 Å². The number of hydrogen-bond donors (Lipinski definition) is 1. The van der Waals surface area contributed by atoms with E-state index < -0.39 is 0 Å². The van der Waals surface area contributed by atoms with Gasteiger partial charge in [0, 0.05) is 6.42 Å². The Balaban J connectivity index is 2.14. The van der Waals surface area contributed by atoms with Crippen molar-refractivity contribution in [1.82, 2.24) is 0 Å². The number of ether oxygens (including phenoxy) is 2. The van der Waals surface area contributed by atoms with E-state index >= 15 is 0 Å². The minimum Gasteiger partial charge on any atom is -0.490 e. The summed E-state index contributed by atoms with van der Waals surface area (Å²) >= 11 is 0. The van der Waals surface area contributed by atoms with Gasteiger partial charge in [0.1, 0.15) is 0 Å². The Morgan fingerprint density at radius 1 is 1.25 bits per heavy atom. The number of rotatable bonds is 3. The van der Waals surface area contributed by atoms with Crippen molar-refractivity contribution >= 4 is 6.08 Å². The maximum Gasteiger partial charge on any atom is 0.161 e. The third kappa shape index (κ3) is 2.74. The molecule has 0 bridgehead atoms. The van der Waals surface area contributed by atoms with Gasteiger partial charge in [0.25, 0.3) is 0 Å². The fourth-order valence-electron chi connectivity index (χ4n) is 1.52. The van der Waals surface area contributed by atoms with Crippen LogP contribution in [0.2, 0.25) is 0 Å². The van der Waals surface area contributed by atoms with E-state index in [2.05, 4.69) is 4.84 Å². The van der Waals surface area contributed by atoms with E-state index in [9.17, 15) is 0 Å². The van der Waals surface area contributed by atoms with Gasteiger partial charge in [0.2, 0.25) is 0 Å². The van der Waals surface area contributed by atoms with Gasteiger partial charge in [0.15, 0.2) is 11.5 Å². The first-order chi connectivity index (χ1) is 7.90. The van der Waals surface area contributed by atoms with Crippen molar-refractivity contribution in [3.8, 4) is 11.5 Å². The van der Waals surface area contributed by atoms with Crippen LogP contribution >= 0.6 is 0 Å². The summed E-state index contributed by atoms with van der Waals surface area (Å²) in [7, 11) is 0. The molecule has 0 unspecified atom stereocenters. The second-order valence-corrected chi connectivity index (χ2v) is 3.49. The Hall–Kier alpha value is -1.52. The molecule has 1 heterocycles. The normalized spacial score (nSPS) is 15.1. The van der Waals surface area contributed by atoms with Crippen molar-refractivity contribution in [1.29, 1.82) is 0 Å². The van der Waals surface area contributed by atoms with E-state index in [1.54, 1.807) is 0 Å². The van der Waals surface area contributed by atoms with Gasteiger partial charge in [-0.15, -0.1) is 0 Å².